The van der Waals surface area contributed by atoms with Crippen LogP contribution in [0.15, 0.2) is 155 Å². The summed E-state index contributed by atoms with van der Waals surface area (Å²) in [6.07, 6.45) is 26.3. The number of guanidine groups is 1. The molecule has 1 aliphatic carbocycles. The number of carbonyl (C=O) groups is 6. The number of nitrogens with zero attached hydrogens (tertiary/aromatic N) is 3. The number of nitrogens with one attached hydrogen (secondary N) is 4. The van der Waals surface area contributed by atoms with Crippen LogP contribution < -0.4 is 42.4 Å². The Labute approximate surface area is 590 Å². The highest BCUT2D eigenvalue weighted by Crippen LogP contribution is 2.48. The summed E-state index contributed by atoms with van der Waals surface area (Å²) in [5.74, 6) is -0.558. The topological polar surface area (TPSA) is 251 Å². The van der Waals surface area contributed by atoms with Crippen LogP contribution in [0.4, 0.5) is 16.2 Å². The summed E-state index contributed by atoms with van der Waals surface area (Å²) in [4.78, 5) is 84.2. The van der Waals surface area contributed by atoms with Gasteiger partial charge in [0.2, 0.25) is 17.5 Å². The predicted octanol–water partition coefficient (Wildman–Crippen LogP) is 14.8. The molecular formula is C82H114N9O8+. The van der Waals surface area contributed by atoms with Crippen molar-refractivity contribution in [1.29, 1.82) is 0 Å². The minimum Gasteiger partial charge on any atom is -0.481 e. The number of nitrogens with two attached hydrogens (primary N) is 2. The zero-order chi connectivity index (χ0) is 71.2. The summed E-state index contributed by atoms with van der Waals surface area (Å²) in [6, 6.07) is 34.0. The minimum absolute atomic E-state index is 0.0224. The van der Waals surface area contributed by atoms with E-state index in [4.69, 9.17) is 21.3 Å². The molecule has 7 rings (SSSR count). The number of amides is 4. The third kappa shape index (κ3) is 24.1. The Morgan fingerprint density at radius 3 is 2.09 bits per heavy atom. The lowest BCUT2D eigenvalue weighted by atomic mass is 9.81. The number of ketones is 2. The van der Waals surface area contributed by atoms with E-state index in [1.54, 1.807) is 6.92 Å². The van der Waals surface area contributed by atoms with Crippen LogP contribution in [0.2, 0.25) is 0 Å². The normalized spacial score (nSPS) is 16.3. The van der Waals surface area contributed by atoms with E-state index in [1.165, 1.54) is 51.5 Å². The second kappa shape index (κ2) is 39.9. The van der Waals surface area contributed by atoms with Crippen LogP contribution in [0.5, 0.6) is 5.75 Å². The number of para-hydroxylation sites is 2. The lowest BCUT2D eigenvalue weighted by molar-refractivity contribution is -0.438. The molecule has 0 saturated heterocycles. The fourth-order valence-electron chi connectivity index (χ4n) is 13.9. The lowest BCUT2D eigenvalue weighted by Gasteiger charge is -2.27. The molecule has 0 unspecified atom stereocenters. The van der Waals surface area contributed by atoms with Crippen molar-refractivity contribution in [1.82, 2.24) is 21.3 Å². The van der Waals surface area contributed by atoms with Crippen molar-refractivity contribution in [3.8, 4) is 5.75 Å². The van der Waals surface area contributed by atoms with Crippen LogP contribution in [-0.2, 0) is 47.6 Å². The molecule has 0 bridgehead atoms. The number of urea groups is 1. The van der Waals surface area contributed by atoms with E-state index >= 15 is 0 Å². The van der Waals surface area contributed by atoms with Gasteiger partial charge >= 0.3 is 12.0 Å². The Kier molecular flexibility index (Phi) is 31.3. The molecule has 0 radical (unpaired) electrons. The first-order valence-corrected chi connectivity index (χ1v) is 36.9. The highest BCUT2D eigenvalue weighted by atomic mass is 16.5. The van der Waals surface area contributed by atoms with Crippen LogP contribution in [0, 0.1) is 5.92 Å². The molecule has 4 amide bonds. The number of aliphatic imine (C=N–C) groups is 1. The van der Waals surface area contributed by atoms with Crippen molar-refractivity contribution in [2.45, 2.75) is 232 Å². The highest BCUT2D eigenvalue weighted by molar-refractivity contribution is 6.03. The predicted molar refractivity (Wildman–Crippen MR) is 400 cm³/mol. The molecule has 0 saturated carbocycles. The quantitative estimate of drug-likeness (QED) is 0.00950. The molecule has 4 aromatic carbocycles. The van der Waals surface area contributed by atoms with Gasteiger partial charge in [-0.2, -0.15) is 4.58 Å². The third-order valence-electron chi connectivity index (χ3n) is 19.6. The maximum absolute atomic E-state index is 14.4. The maximum atomic E-state index is 14.4. The molecule has 0 fully saturated rings. The summed E-state index contributed by atoms with van der Waals surface area (Å²) >= 11 is 0. The number of fused-ring (bicyclic) bond motifs is 2. The second-order valence-electron chi connectivity index (χ2n) is 28.2. The lowest BCUT2D eigenvalue weighted by Crippen LogP contribution is -2.44. The monoisotopic (exact) mass is 1350 g/mol. The number of benzene rings is 4. The van der Waals surface area contributed by atoms with Crippen LogP contribution >= 0.6 is 0 Å². The van der Waals surface area contributed by atoms with E-state index < -0.39 is 17.9 Å². The fourth-order valence-corrected chi connectivity index (χ4v) is 13.9. The minimum atomic E-state index is -0.909. The molecule has 17 heteroatoms. The van der Waals surface area contributed by atoms with E-state index in [-0.39, 0.29) is 77.9 Å². The Morgan fingerprint density at radius 2 is 1.36 bits per heavy atom. The molecule has 9 N–H and O–H groups in total. The van der Waals surface area contributed by atoms with Crippen molar-refractivity contribution < 1.29 is 43.2 Å². The Balaban J connectivity index is 0.978. The number of anilines is 1. The summed E-state index contributed by atoms with van der Waals surface area (Å²) in [5.41, 5.74) is 23.1. The van der Waals surface area contributed by atoms with Gasteiger partial charge < -0.3 is 47.5 Å². The van der Waals surface area contributed by atoms with Gasteiger partial charge in [0.05, 0.1) is 11.5 Å². The number of Topliss-reactive ketones (excluding diaryl/α,β-unsaturated/α-hetero) is 2. The average Bonchev–Trinajstić information content (AvgIpc) is 1.61. The number of rotatable bonds is 43. The first-order chi connectivity index (χ1) is 47.7. The zero-order valence-corrected chi connectivity index (χ0v) is 60.4. The largest absolute Gasteiger partial charge is 0.481 e. The summed E-state index contributed by atoms with van der Waals surface area (Å²) in [6.45, 7) is 18.5. The molecule has 17 nitrogen and oxygen atoms in total. The number of carbonyl (C=O) groups excluding carboxylic acids is 5. The number of carboxylic acids is 1. The number of unbranched alkanes of at least 4 members (excludes halogenated alkanes) is 8. The van der Waals surface area contributed by atoms with Gasteiger partial charge in [0.1, 0.15) is 23.8 Å². The number of hydrogen-bond acceptors (Lipinski definition) is 9. The van der Waals surface area contributed by atoms with Gasteiger partial charge in [0.25, 0.3) is 0 Å². The molecule has 0 aromatic heterocycles. The van der Waals surface area contributed by atoms with Crippen LogP contribution in [0.25, 0.3) is 0 Å². The highest BCUT2D eigenvalue weighted by Gasteiger charge is 2.44. The van der Waals surface area contributed by atoms with E-state index in [0.717, 1.165) is 113 Å². The fraction of sp³-hybridized carbons (Fsp3) is 0.512. The molecule has 4 aromatic rings. The Bertz CT molecular complexity index is 3520. The maximum Gasteiger partial charge on any atom is 0.314 e. The van der Waals surface area contributed by atoms with E-state index in [9.17, 15) is 28.8 Å². The van der Waals surface area contributed by atoms with Crippen molar-refractivity contribution >= 4 is 58.4 Å². The number of allylic oxidation sites excluding steroid dienone is 7. The van der Waals surface area contributed by atoms with Crippen molar-refractivity contribution in [2.24, 2.45) is 22.4 Å². The number of aliphatic carboxylic acids is 1. The standard InChI is InChI=1S/C82H113N9O8/c1-8-10-25-56-91-71-39-24-22-37-68(71)82(6,7)74(91)49-45-63-32-26-31-62(44-48-73-81(4,5)67-36-21-23-38-70(67)90(73)55-11-9-2)77(63)99-66-46-42-60(43-47-66)51-54-85-78(97)64(33-27-52-86-79(83)84)58-72(93)69(57-61-29-17-16-18-30-61)89-75(94)40-20-15-13-12-14-19-34-65(92)35-28-53-87-80(98)88-59(3)41-50-76(95)96/h16-18,21-24,29-30,36-39,42-49,59,64,69H,8-15,19-20,25-28,31-35,40-41,50-58H2,1-7H3,(H8-,83,84,85,86,87,88,89,94,95,96,97,98)/p+1/t59-,64+,69-/m0/s1. The van der Waals surface area contributed by atoms with Gasteiger partial charge in [-0.1, -0.05) is 151 Å². The van der Waals surface area contributed by atoms with Gasteiger partial charge in [-0.15, -0.1) is 0 Å². The molecule has 3 aliphatic rings. The summed E-state index contributed by atoms with van der Waals surface area (Å²) in [7, 11) is 0. The van der Waals surface area contributed by atoms with Gasteiger partial charge in [-0.3, -0.25) is 29.0 Å². The van der Waals surface area contributed by atoms with Crippen LogP contribution in [-0.4, -0.2) is 102 Å². The molecule has 3 atom stereocenters. The molecule has 2 aliphatic heterocycles. The molecule has 0 spiro atoms. The summed E-state index contributed by atoms with van der Waals surface area (Å²) in [5, 5.41) is 20.5. The summed E-state index contributed by atoms with van der Waals surface area (Å²) < 4.78 is 9.68. The number of carboxylic acid groups (broad SMARTS) is 1. The van der Waals surface area contributed by atoms with Gasteiger partial charge in [-0.05, 0) is 162 Å². The first-order valence-electron chi connectivity index (χ1n) is 36.9. The average molecular weight is 1350 g/mol. The van der Waals surface area contributed by atoms with Crippen LogP contribution in [0.1, 0.15) is 218 Å². The third-order valence-corrected chi connectivity index (χ3v) is 19.6. The molecule has 2 heterocycles. The molecule has 534 valence electrons. The molecular weight excluding hydrogens is 1240 g/mol. The first kappa shape index (κ1) is 77.7. The Hall–Kier alpha value is -8.60. The van der Waals surface area contributed by atoms with E-state index in [0.29, 0.717) is 71.0 Å². The van der Waals surface area contributed by atoms with Crippen LogP contribution in [0.3, 0.4) is 0 Å². The van der Waals surface area contributed by atoms with E-state index in [1.807, 2.05) is 42.5 Å². The van der Waals surface area contributed by atoms with Gasteiger partial charge in [0.15, 0.2) is 17.5 Å². The van der Waals surface area contributed by atoms with Crippen molar-refractivity contribution in [3.05, 3.63) is 172 Å². The van der Waals surface area contributed by atoms with Gasteiger partial charge in [-0.25, -0.2) is 4.79 Å². The Morgan fingerprint density at radius 1 is 0.677 bits per heavy atom. The zero-order valence-electron chi connectivity index (χ0n) is 60.4. The number of hydrogen-bond donors (Lipinski definition) is 7. The van der Waals surface area contributed by atoms with Crippen molar-refractivity contribution in [2.75, 3.05) is 37.6 Å². The second-order valence-corrected chi connectivity index (χ2v) is 28.2. The smallest absolute Gasteiger partial charge is 0.314 e. The SMILES string of the molecule is CCCCC[N+]1=C(/C=C/C2=C(Oc3ccc(CCNC(=O)[C@H](CCCN=C(N)N)CC(=O)[C@H](Cc4ccccc4)NC(=O)CCCCCCCCC(=O)CCCNC(=O)N[C@@H](C)CCC(=O)O)cc3)C(=C/C=C3/N(CCCC)c4ccccc4C3(C)C)/CCC2)C(C)(C)c2ccccc21. The van der Waals surface area contributed by atoms with Gasteiger partial charge in [0, 0.05) is 111 Å². The molecule has 99 heavy (non-hydrogen) atoms. The van der Waals surface area contributed by atoms with E-state index in [2.05, 4.69) is 162 Å². The van der Waals surface area contributed by atoms with Crippen molar-refractivity contribution in [3.63, 3.8) is 0 Å². The number of ether oxygens (including phenoxy) is 1.